The molecule has 3 heteroatoms. The summed E-state index contributed by atoms with van der Waals surface area (Å²) in [4.78, 5) is 4.12. The van der Waals surface area contributed by atoms with Crippen molar-refractivity contribution in [1.29, 1.82) is 0 Å². The van der Waals surface area contributed by atoms with Gasteiger partial charge in [-0.3, -0.25) is 4.98 Å². The van der Waals surface area contributed by atoms with Crippen molar-refractivity contribution in [3.05, 3.63) is 29.6 Å². The summed E-state index contributed by atoms with van der Waals surface area (Å²) in [6.45, 7) is 6.38. The fraction of sp³-hybridized carbons (Fsp3) is 0.615. The fourth-order valence-electron chi connectivity index (χ4n) is 1.73. The first-order chi connectivity index (χ1) is 7.77. The number of pyridine rings is 1. The third-order valence-electron chi connectivity index (χ3n) is 3.01. The molecule has 0 aliphatic heterocycles. The number of hydrogen-bond acceptors (Lipinski definition) is 3. The van der Waals surface area contributed by atoms with Crippen molar-refractivity contribution in [2.24, 2.45) is 5.92 Å². The van der Waals surface area contributed by atoms with Crippen molar-refractivity contribution in [1.82, 2.24) is 10.3 Å². The molecule has 0 radical (unpaired) electrons. The maximum absolute atomic E-state index is 8.89. The highest BCUT2D eigenvalue weighted by molar-refractivity contribution is 5.20. The largest absolute Gasteiger partial charge is 0.396 e. The van der Waals surface area contributed by atoms with Crippen molar-refractivity contribution in [3.63, 3.8) is 0 Å². The second kappa shape index (κ2) is 7.36. The molecule has 0 aliphatic carbocycles. The van der Waals surface area contributed by atoms with Gasteiger partial charge in [-0.05, 0) is 43.0 Å². The van der Waals surface area contributed by atoms with E-state index in [1.165, 1.54) is 11.1 Å². The number of aromatic nitrogens is 1. The molecule has 1 aromatic rings. The van der Waals surface area contributed by atoms with Crippen LogP contribution in [0.5, 0.6) is 0 Å². The smallest absolute Gasteiger partial charge is 0.0434 e. The molecule has 0 bridgehead atoms. The van der Waals surface area contributed by atoms with Gasteiger partial charge in [0, 0.05) is 25.5 Å². The van der Waals surface area contributed by atoms with Crippen molar-refractivity contribution in [2.75, 3.05) is 13.2 Å². The maximum Gasteiger partial charge on any atom is 0.0434 e. The van der Waals surface area contributed by atoms with E-state index in [1.54, 1.807) is 0 Å². The summed E-state index contributed by atoms with van der Waals surface area (Å²) in [5.41, 5.74) is 2.53. The Morgan fingerprint density at radius 2 is 2.31 bits per heavy atom. The average molecular weight is 222 g/mol. The third-order valence-corrected chi connectivity index (χ3v) is 3.01. The maximum atomic E-state index is 8.89. The van der Waals surface area contributed by atoms with E-state index in [4.69, 9.17) is 5.11 Å². The molecule has 90 valence electrons. The Morgan fingerprint density at radius 1 is 1.50 bits per heavy atom. The number of aliphatic hydroxyl groups excluding tert-OH is 1. The molecule has 0 saturated heterocycles. The van der Waals surface area contributed by atoms with E-state index in [0.717, 1.165) is 25.9 Å². The zero-order valence-electron chi connectivity index (χ0n) is 10.2. The van der Waals surface area contributed by atoms with E-state index in [-0.39, 0.29) is 6.61 Å². The van der Waals surface area contributed by atoms with Gasteiger partial charge >= 0.3 is 0 Å². The first-order valence-electron chi connectivity index (χ1n) is 5.99. The second-order valence-corrected chi connectivity index (χ2v) is 4.22. The van der Waals surface area contributed by atoms with Crippen LogP contribution in [0.4, 0.5) is 0 Å². The van der Waals surface area contributed by atoms with Crippen LogP contribution >= 0.6 is 0 Å². The lowest BCUT2D eigenvalue weighted by Gasteiger charge is -2.14. The lowest BCUT2D eigenvalue weighted by Crippen LogP contribution is -2.23. The van der Waals surface area contributed by atoms with E-state index in [2.05, 4.69) is 24.1 Å². The highest BCUT2D eigenvalue weighted by Gasteiger charge is 2.05. The molecule has 0 fully saturated rings. The first-order valence-corrected chi connectivity index (χ1v) is 5.99. The van der Waals surface area contributed by atoms with Gasteiger partial charge in [-0.25, -0.2) is 0 Å². The number of aryl methyl sites for hydroxylation is 1. The van der Waals surface area contributed by atoms with Gasteiger partial charge in [0.1, 0.15) is 0 Å². The van der Waals surface area contributed by atoms with Crippen molar-refractivity contribution in [2.45, 2.75) is 33.2 Å². The Bertz CT molecular complexity index is 302. The zero-order valence-corrected chi connectivity index (χ0v) is 10.2. The Balaban J connectivity index is 2.32. The molecule has 16 heavy (non-hydrogen) atoms. The quantitative estimate of drug-likeness (QED) is 0.740. The minimum atomic E-state index is 0.284. The van der Waals surface area contributed by atoms with Gasteiger partial charge in [0.2, 0.25) is 0 Å². The van der Waals surface area contributed by atoms with E-state index in [0.29, 0.717) is 5.92 Å². The Kier molecular flexibility index (Phi) is 6.04. The summed E-state index contributed by atoms with van der Waals surface area (Å²) in [5, 5.41) is 12.3. The van der Waals surface area contributed by atoms with Crippen molar-refractivity contribution < 1.29 is 5.11 Å². The van der Waals surface area contributed by atoms with Gasteiger partial charge in [-0.15, -0.1) is 0 Å². The first kappa shape index (κ1) is 13.1. The molecule has 0 aliphatic rings. The molecule has 1 rings (SSSR count). The Morgan fingerprint density at radius 3 is 2.94 bits per heavy atom. The normalized spacial score (nSPS) is 12.7. The summed E-state index contributed by atoms with van der Waals surface area (Å²) < 4.78 is 0. The lowest BCUT2D eigenvalue weighted by molar-refractivity contribution is 0.251. The minimum Gasteiger partial charge on any atom is -0.396 e. The van der Waals surface area contributed by atoms with Crippen LogP contribution in [0.15, 0.2) is 18.5 Å². The zero-order chi connectivity index (χ0) is 11.8. The third kappa shape index (κ3) is 4.29. The average Bonchev–Trinajstić information content (AvgIpc) is 2.30. The van der Waals surface area contributed by atoms with Crippen LogP contribution in [0.1, 0.15) is 30.9 Å². The van der Waals surface area contributed by atoms with E-state index in [1.807, 2.05) is 18.5 Å². The van der Waals surface area contributed by atoms with Gasteiger partial charge in [-0.1, -0.05) is 13.3 Å². The van der Waals surface area contributed by atoms with Crippen LogP contribution in [-0.2, 0) is 6.54 Å². The lowest BCUT2D eigenvalue weighted by atomic mass is 10.0. The predicted octanol–water partition coefficient (Wildman–Crippen LogP) is 1.89. The highest BCUT2D eigenvalue weighted by Crippen LogP contribution is 2.07. The Hall–Kier alpha value is -0.930. The molecule has 2 N–H and O–H groups in total. The second-order valence-electron chi connectivity index (χ2n) is 4.22. The molecular formula is C13H22N2O. The van der Waals surface area contributed by atoms with E-state index < -0.39 is 0 Å². The van der Waals surface area contributed by atoms with Gasteiger partial charge in [0.15, 0.2) is 0 Å². The number of aliphatic hydroxyl groups is 1. The van der Waals surface area contributed by atoms with E-state index in [9.17, 15) is 0 Å². The van der Waals surface area contributed by atoms with Crippen LogP contribution in [0, 0.1) is 12.8 Å². The molecule has 0 amide bonds. The summed E-state index contributed by atoms with van der Waals surface area (Å²) in [6, 6.07) is 2.03. The minimum absolute atomic E-state index is 0.284. The molecule has 0 spiro atoms. The Labute approximate surface area is 97.9 Å². The standard InChI is InChI=1S/C13H22N2O/c1-3-12(5-7-16)8-15-10-13-9-14-6-4-11(13)2/h4,6,9,12,15-16H,3,5,7-8,10H2,1-2H3. The number of nitrogens with one attached hydrogen (secondary N) is 1. The summed E-state index contributed by atoms with van der Waals surface area (Å²) in [6.07, 6.45) is 5.73. The summed E-state index contributed by atoms with van der Waals surface area (Å²) >= 11 is 0. The SMILES string of the molecule is CCC(CCO)CNCc1cnccc1C. The predicted molar refractivity (Wildman–Crippen MR) is 66.2 cm³/mol. The van der Waals surface area contributed by atoms with Gasteiger partial charge in [-0.2, -0.15) is 0 Å². The summed E-state index contributed by atoms with van der Waals surface area (Å²) in [5.74, 6) is 0.571. The van der Waals surface area contributed by atoms with Crippen LogP contribution < -0.4 is 5.32 Å². The molecular weight excluding hydrogens is 200 g/mol. The van der Waals surface area contributed by atoms with Crippen LogP contribution in [0.3, 0.4) is 0 Å². The molecule has 1 heterocycles. The van der Waals surface area contributed by atoms with Crippen LogP contribution in [0.25, 0.3) is 0 Å². The number of nitrogens with zero attached hydrogens (tertiary/aromatic N) is 1. The van der Waals surface area contributed by atoms with Crippen molar-refractivity contribution in [3.8, 4) is 0 Å². The van der Waals surface area contributed by atoms with E-state index >= 15 is 0 Å². The number of rotatable bonds is 7. The molecule has 1 aromatic heterocycles. The van der Waals surface area contributed by atoms with Gasteiger partial charge < -0.3 is 10.4 Å². The number of hydrogen-bond donors (Lipinski definition) is 2. The van der Waals surface area contributed by atoms with Crippen LogP contribution in [0.2, 0.25) is 0 Å². The fourth-order valence-corrected chi connectivity index (χ4v) is 1.73. The molecule has 0 aromatic carbocycles. The van der Waals surface area contributed by atoms with Crippen LogP contribution in [-0.4, -0.2) is 23.2 Å². The monoisotopic (exact) mass is 222 g/mol. The highest BCUT2D eigenvalue weighted by atomic mass is 16.3. The molecule has 3 nitrogen and oxygen atoms in total. The topological polar surface area (TPSA) is 45.1 Å². The van der Waals surface area contributed by atoms with Gasteiger partial charge in [0.25, 0.3) is 0 Å². The molecule has 1 atom stereocenters. The summed E-state index contributed by atoms with van der Waals surface area (Å²) in [7, 11) is 0. The molecule has 0 saturated carbocycles. The molecule has 1 unspecified atom stereocenters. The van der Waals surface area contributed by atoms with Crippen molar-refractivity contribution >= 4 is 0 Å². The van der Waals surface area contributed by atoms with Gasteiger partial charge in [0.05, 0.1) is 0 Å².